The van der Waals surface area contributed by atoms with Crippen LogP contribution in [0, 0.1) is 11.7 Å². The Kier molecular flexibility index (Phi) is 4.77. The van der Waals surface area contributed by atoms with Crippen molar-refractivity contribution in [3.05, 3.63) is 34.6 Å². The summed E-state index contributed by atoms with van der Waals surface area (Å²) in [7, 11) is 0. The molecule has 1 atom stereocenters. The summed E-state index contributed by atoms with van der Waals surface area (Å²) in [6, 6.07) is 4.79. The van der Waals surface area contributed by atoms with Crippen LogP contribution in [0.25, 0.3) is 0 Å². The molecule has 0 saturated carbocycles. The predicted molar refractivity (Wildman–Crippen MR) is 66.7 cm³/mol. The Balaban J connectivity index is 1.70. The zero-order valence-corrected chi connectivity index (χ0v) is 10.5. The summed E-state index contributed by atoms with van der Waals surface area (Å²) in [6.07, 6.45) is 2.24. The van der Waals surface area contributed by atoms with E-state index >= 15 is 0 Å². The number of halogens is 2. The van der Waals surface area contributed by atoms with Gasteiger partial charge in [-0.15, -0.1) is 0 Å². The number of hydrogen-bond donors (Lipinski definition) is 1. The highest BCUT2D eigenvalue weighted by molar-refractivity contribution is 6.30. The highest BCUT2D eigenvalue weighted by Gasteiger charge is 2.14. The standard InChI is InChI=1S/C13H17ClFNO/c14-12-2-1-11(13(15)7-12)8-16-5-3-10-4-6-17-9-10/h1-2,7,10,16H,3-6,8-9H2. The van der Waals surface area contributed by atoms with Crippen LogP contribution in [0.3, 0.4) is 0 Å². The van der Waals surface area contributed by atoms with Crippen LogP contribution in [0.15, 0.2) is 18.2 Å². The minimum atomic E-state index is -0.241. The summed E-state index contributed by atoms with van der Waals surface area (Å²) >= 11 is 5.69. The van der Waals surface area contributed by atoms with Crippen LogP contribution in [-0.2, 0) is 11.3 Å². The van der Waals surface area contributed by atoms with Crippen molar-refractivity contribution in [2.75, 3.05) is 19.8 Å². The van der Waals surface area contributed by atoms with Crippen molar-refractivity contribution < 1.29 is 9.13 Å². The molecule has 2 rings (SSSR count). The maximum Gasteiger partial charge on any atom is 0.129 e. The van der Waals surface area contributed by atoms with Crippen LogP contribution in [0.2, 0.25) is 5.02 Å². The first kappa shape index (κ1) is 12.8. The minimum absolute atomic E-state index is 0.241. The molecule has 0 amide bonds. The fraction of sp³-hybridized carbons (Fsp3) is 0.538. The van der Waals surface area contributed by atoms with Crippen LogP contribution in [0.5, 0.6) is 0 Å². The first-order valence-corrected chi connectivity index (χ1v) is 6.36. The quantitative estimate of drug-likeness (QED) is 0.819. The number of rotatable bonds is 5. The summed E-state index contributed by atoms with van der Waals surface area (Å²) in [5.74, 6) is 0.423. The van der Waals surface area contributed by atoms with Gasteiger partial charge in [-0.05, 0) is 37.4 Å². The molecule has 1 aromatic carbocycles. The molecule has 1 aliphatic heterocycles. The van der Waals surface area contributed by atoms with Gasteiger partial charge in [-0.2, -0.15) is 0 Å². The molecule has 0 spiro atoms. The lowest BCUT2D eigenvalue weighted by Crippen LogP contribution is -2.18. The summed E-state index contributed by atoms with van der Waals surface area (Å²) < 4.78 is 18.7. The third-order valence-electron chi connectivity index (χ3n) is 3.08. The van der Waals surface area contributed by atoms with Gasteiger partial charge < -0.3 is 10.1 Å². The molecule has 1 aromatic rings. The topological polar surface area (TPSA) is 21.3 Å². The molecule has 0 bridgehead atoms. The number of ether oxygens (including phenoxy) is 1. The van der Waals surface area contributed by atoms with Crippen molar-refractivity contribution in [1.82, 2.24) is 5.32 Å². The fourth-order valence-electron chi connectivity index (χ4n) is 2.01. The van der Waals surface area contributed by atoms with Gasteiger partial charge in [-0.3, -0.25) is 0 Å². The molecule has 1 unspecified atom stereocenters. The summed E-state index contributed by atoms with van der Waals surface area (Å²) in [4.78, 5) is 0. The molecule has 1 saturated heterocycles. The monoisotopic (exact) mass is 257 g/mol. The fourth-order valence-corrected chi connectivity index (χ4v) is 2.16. The van der Waals surface area contributed by atoms with Gasteiger partial charge in [0.25, 0.3) is 0 Å². The van der Waals surface area contributed by atoms with Gasteiger partial charge in [0.05, 0.1) is 0 Å². The molecule has 94 valence electrons. The van der Waals surface area contributed by atoms with Crippen molar-refractivity contribution in [1.29, 1.82) is 0 Å². The third kappa shape index (κ3) is 3.95. The van der Waals surface area contributed by atoms with E-state index in [0.29, 0.717) is 23.0 Å². The zero-order chi connectivity index (χ0) is 12.1. The second-order valence-electron chi connectivity index (χ2n) is 4.43. The molecular formula is C13H17ClFNO. The van der Waals surface area contributed by atoms with E-state index in [-0.39, 0.29) is 5.82 Å². The van der Waals surface area contributed by atoms with Crippen molar-refractivity contribution in [3.8, 4) is 0 Å². The van der Waals surface area contributed by atoms with Crippen molar-refractivity contribution >= 4 is 11.6 Å². The van der Waals surface area contributed by atoms with E-state index in [2.05, 4.69) is 5.32 Å². The maximum absolute atomic E-state index is 13.4. The van der Waals surface area contributed by atoms with Gasteiger partial charge in [0.15, 0.2) is 0 Å². The molecule has 17 heavy (non-hydrogen) atoms. The lowest BCUT2D eigenvalue weighted by atomic mass is 10.1. The number of nitrogens with one attached hydrogen (secondary N) is 1. The van der Waals surface area contributed by atoms with E-state index in [1.54, 1.807) is 12.1 Å². The van der Waals surface area contributed by atoms with Crippen LogP contribution in [-0.4, -0.2) is 19.8 Å². The van der Waals surface area contributed by atoms with Crippen molar-refractivity contribution in [3.63, 3.8) is 0 Å². The Bertz CT molecular complexity index is 366. The Hall–Kier alpha value is -0.640. The highest BCUT2D eigenvalue weighted by Crippen LogP contribution is 2.16. The summed E-state index contributed by atoms with van der Waals surface area (Å²) in [5, 5.41) is 3.69. The first-order valence-electron chi connectivity index (χ1n) is 5.98. The molecule has 1 N–H and O–H groups in total. The zero-order valence-electron chi connectivity index (χ0n) is 9.72. The molecule has 0 radical (unpaired) electrons. The van der Waals surface area contributed by atoms with Gasteiger partial charge in [0.2, 0.25) is 0 Å². The smallest absolute Gasteiger partial charge is 0.129 e. The summed E-state index contributed by atoms with van der Waals surface area (Å²) in [6.45, 7) is 3.21. The van der Waals surface area contributed by atoms with Gasteiger partial charge in [0, 0.05) is 30.3 Å². The van der Waals surface area contributed by atoms with Gasteiger partial charge >= 0.3 is 0 Å². The van der Waals surface area contributed by atoms with Gasteiger partial charge in [0.1, 0.15) is 5.82 Å². The first-order chi connectivity index (χ1) is 8.25. The van der Waals surface area contributed by atoms with E-state index in [4.69, 9.17) is 16.3 Å². The number of benzene rings is 1. The molecule has 0 aromatic heterocycles. The van der Waals surface area contributed by atoms with Crippen LogP contribution in [0.1, 0.15) is 18.4 Å². The molecule has 1 fully saturated rings. The molecule has 2 nitrogen and oxygen atoms in total. The van der Waals surface area contributed by atoms with E-state index in [0.717, 1.165) is 32.6 Å². The van der Waals surface area contributed by atoms with E-state index < -0.39 is 0 Å². The Morgan fingerprint density at radius 1 is 1.47 bits per heavy atom. The van der Waals surface area contributed by atoms with E-state index in [9.17, 15) is 4.39 Å². The third-order valence-corrected chi connectivity index (χ3v) is 3.32. The normalized spacial score (nSPS) is 19.8. The number of hydrogen-bond acceptors (Lipinski definition) is 2. The van der Waals surface area contributed by atoms with Crippen LogP contribution >= 0.6 is 11.6 Å². The minimum Gasteiger partial charge on any atom is -0.381 e. The Morgan fingerprint density at radius 2 is 2.35 bits per heavy atom. The largest absolute Gasteiger partial charge is 0.381 e. The predicted octanol–water partition coefficient (Wildman–Crippen LogP) is 3.00. The van der Waals surface area contributed by atoms with Gasteiger partial charge in [-0.25, -0.2) is 4.39 Å². The second kappa shape index (κ2) is 6.34. The van der Waals surface area contributed by atoms with E-state index in [1.807, 2.05) is 0 Å². The van der Waals surface area contributed by atoms with Crippen LogP contribution in [0.4, 0.5) is 4.39 Å². The maximum atomic E-state index is 13.4. The summed E-state index contributed by atoms with van der Waals surface area (Å²) in [5.41, 5.74) is 0.664. The average Bonchev–Trinajstić information content (AvgIpc) is 2.79. The highest BCUT2D eigenvalue weighted by atomic mass is 35.5. The van der Waals surface area contributed by atoms with Crippen LogP contribution < -0.4 is 5.32 Å². The molecular weight excluding hydrogens is 241 g/mol. The van der Waals surface area contributed by atoms with Crippen molar-refractivity contribution in [2.45, 2.75) is 19.4 Å². The Labute approximate surface area is 106 Å². The molecule has 4 heteroatoms. The average molecular weight is 258 g/mol. The van der Waals surface area contributed by atoms with E-state index in [1.165, 1.54) is 6.07 Å². The lowest BCUT2D eigenvalue weighted by molar-refractivity contribution is 0.184. The van der Waals surface area contributed by atoms with Gasteiger partial charge in [-0.1, -0.05) is 17.7 Å². The lowest BCUT2D eigenvalue weighted by Gasteiger charge is -2.09. The Morgan fingerprint density at radius 3 is 3.06 bits per heavy atom. The molecule has 1 heterocycles. The second-order valence-corrected chi connectivity index (χ2v) is 4.87. The molecule has 1 aliphatic rings. The molecule has 0 aliphatic carbocycles. The van der Waals surface area contributed by atoms with Crippen molar-refractivity contribution in [2.24, 2.45) is 5.92 Å². The SMILES string of the molecule is Fc1cc(Cl)ccc1CNCCC1CCOC1.